The SMILES string of the molecule is O=C(OCc1ccccc1)c1ccc2c(c1)C(=O)N(Cc1ccc(Cl)cc1)C2=O. The molecule has 0 N–H and O–H groups in total. The summed E-state index contributed by atoms with van der Waals surface area (Å²) in [4.78, 5) is 38.9. The number of nitrogens with zero attached hydrogens (tertiary/aromatic N) is 1. The van der Waals surface area contributed by atoms with Gasteiger partial charge in [0, 0.05) is 5.02 Å². The van der Waals surface area contributed by atoms with Gasteiger partial charge in [0.1, 0.15) is 6.61 Å². The van der Waals surface area contributed by atoms with E-state index in [1.54, 1.807) is 24.3 Å². The Morgan fingerprint density at radius 1 is 0.828 bits per heavy atom. The summed E-state index contributed by atoms with van der Waals surface area (Å²) in [7, 11) is 0. The summed E-state index contributed by atoms with van der Waals surface area (Å²) in [5, 5.41) is 0.578. The number of esters is 1. The van der Waals surface area contributed by atoms with Crippen LogP contribution in [0.15, 0.2) is 72.8 Å². The fraction of sp³-hybridized carbons (Fsp3) is 0.0870. The molecule has 1 aliphatic heterocycles. The number of fused-ring (bicyclic) bond motifs is 1. The average Bonchev–Trinajstić information content (AvgIpc) is 2.98. The monoisotopic (exact) mass is 405 g/mol. The first-order chi connectivity index (χ1) is 14.0. The van der Waals surface area contributed by atoms with Crippen molar-refractivity contribution in [3.63, 3.8) is 0 Å². The first-order valence-corrected chi connectivity index (χ1v) is 9.36. The fourth-order valence-electron chi connectivity index (χ4n) is 3.14. The van der Waals surface area contributed by atoms with E-state index in [1.165, 1.54) is 18.2 Å². The molecule has 2 amide bonds. The normalized spacial score (nSPS) is 12.8. The Morgan fingerprint density at radius 2 is 1.52 bits per heavy atom. The first-order valence-electron chi connectivity index (χ1n) is 8.98. The summed E-state index contributed by atoms with van der Waals surface area (Å²) < 4.78 is 5.31. The molecule has 1 heterocycles. The van der Waals surface area contributed by atoms with Crippen LogP contribution >= 0.6 is 11.6 Å². The Morgan fingerprint density at radius 3 is 2.24 bits per heavy atom. The molecule has 144 valence electrons. The maximum atomic E-state index is 12.8. The van der Waals surface area contributed by atoms with Crippen molar-refractivity contribution in [3.8, 4) is 0 Å². The molecule has 1 aliphatic rings. The van der Waals surface area contributed by atoms with E-state index in [0.29, 0.717) is 5.02 Å². The third-order valence-corrected chi connectivity index (χ3v) is 4.93. The number of hydrogen-bond acceptors (Lipinski definition) is 4. The van der Waals surface area contributed by atoms with Crippen LogP contribution in [-0.2, 0) is 17.9 Å². The van der Waals surface area contributed by atoms with Crippen LogP contribution < -0.4 is 0 Å². The Balaban J connectivity index is 1.50. The molecule has 0 unspecified atom stereocenters. The molecule has 4 rings (SSSR count). The molecule has 0 radical (unpaired) electrons. The van der Waals surface area contributed by atoms with E-state index in [4.69, 9.17) is 16.3 Å². The molecular formula is C23H16ClNO4. The Kier molecular flexibility index (Phi) is 5.14. The van der Waals surface area contributed by atoms with E-state index < -0.39 is 11.9 Å². The largest absolute Gasteiger partial charge is 0.457 e. The van der Waals surface area contributed by atoms with Crippen LogP contribution in [0.1, 0.15) is 42.2 Å². The van der Waals surface area contributed by atoms with Crippen LogP contribution in [0.2, 0.25) is 5.02 Å². The highest BCUT2D eigenvalue weighted by Crippen LogP contribution is 2.26. The molecule has 3 aromatic carbocycles. The lowest BCUT2D eigenvalue weighted by Gasteiger charge is -2.13. The lowest BCUT2D eigenvalue weighted by Crippen LogP contribution is -2.29. The number of halogens is 1. The molecule has 0 bridgehead atoms. The molecular weight excluding hydrogens is 390 g/mol. The quantitative estimate of drug-likeness (QED) is 0.463. The highest BCUT2D eigenvalue weighted by atomic mass is 35.5. The molecule has 0 spiro atoms. The highest BCUT2D eigenvalue weighted by molar-refractivity contribution is 6.30. The highest BCUT2D eigenvalue weighted by Gasteiger charge is 2.36. The van der Waals surface area contributed by atoms with E-state index in [2.05, 4.69) is 0 Å². The number of imide groups is 1. The predicted octanol–water partition coefficient (Wildman–Crippen LogP) is 4.49. The zero-order chi connectivity index (χ0) is 20.4. The summed E-state index contributed by atoms with van der Waals surface area (Å²) in [6.45, 7) is 0.267. The minimum atomic E-state index is -0.548. The summed E-state index contributed by atoms with van der Waals surface area (Å²) in [6.07, 6.45) is 0. The van der Waals surface area contributed by atoms with Gasteiger partial charge < -0.3 is 4.74 Å². The van der Waals surface area contributed by atoms with Crippen LogP contribution in [0.25, 0.3) is 0 Å². The molecule has 5 nitrogen and oxygen atoms in total. The van der Waals surface area contributed by atoms with Crippen molar-refractivity contribution >= 4 is 29.4 Å². The number of ether oxygens (including phenoxy) is 1. The van der Waals surface area contributed by atoms with E-state index in [0.717, 1.165) is 16.0 Å². The van der Waals surface area contributed by atoms with Crippen molar-refractivity contribution in [1.82, 2.24) is 4.90 Å². The lowest BCUT2D eigenvalue weighted by atomic mass is 10.1. The van der Waals surface area contributed by atoms with E-state index in [-0.39, 0.29) is 35.7 Å². The van der Waals surface area contributed by atoms with Crippen LogP contribution in [0.3, 0.4) is 0 Å². The van der Waals surface area contributed by atoms with Crippen molar-refractivity contribution in [2.75, 3.05) is 0 Å². The van der Waals surface area contributed by atoms with Crippen molar-refractivity contribution < 1.29 is 19.1 Å². The van der Waals surface area contributed by atoms with Crippen molar-refractivity contribution in [3.05, 3.63) is 106 Å². The van der Waals surface area contributed by atoms with Crippen LogP contribution in [0, 0.1) is 0 Å². The topological polar surface area (TPSA) is 63.7 Å². The minimum absolute atomic E-state index is 0.131. The zero-order valence-electron chi connectivity index (χ0n) is 15.3. The summed E-state index contributed by atoms with van der Waals surface area (Å²) in [5.74, 6) is -1.37. The molecule has 6 heteroatoms. The average molecular weight is 406 g/mol. The van der Waals surface area contributed by atoms with Gasteiger partial charge in [0.25, 0.3) is 11.8 Å². The Hall–Kier alpha value is -3.44. The predicted molar refractivity (Wildman–Crippen MR) is 108 cm³/mol. The van der Waals surface area contributed by atoms with E-state index in [9.17, 15) is 14.4 Å². The third-order valence-electron chi connectivity index (χ3n) is 4.67. The van der Waals surface area contributed by atoms with Crippen LogP contribution in [-0.4, -0.2) is 22.7 Å². The second kappa shape index (κ2) is 7.89. The van der Waals surface area contributed by atoms with Crippen molar-refractivity contribution in [2.24, 2.45) is 0 Å². The number of benzene rings is 3. The molecule has 0 aliphatic carbocycles. The maximum absolute atomic E-state index is 12.8. The smallest absolute Gasteiger partial charge is 0.338 e. The van der Waals surface area contributed by atoms with E-state index >= 15 is 0 Å². The molecule has 0 fully saturated rings. The van der Waals surface area contributed by atoms with Gasteiger partial charge in [-0.3, -0.25) is 14.5 Å². The van der Waals surface area contributed by atoms with Gasteiger partial charge in [-0.1, -0.05) is 54.1 Å². The summed E-state index contributed by atoms with van der Waals surface area (Å²) in [5.41, 5.74) is 2.37. The number of carbonyl (C=O) groups is 3. The van der Waals surface area contributed by atoms with Gasteiger partial charge in [0.15, 0.2) is 0 Å². The molecule has 0 atom stereocenters. The van der Waals surface area contributed by atoms with Gasteiger partial charge in [0.2, 0.25) is 0 Å². The number of hydrogen-bond donors (Lipinski definition) is 0. The first kappa shape index (κ1) is 18.9. The third kappa shape index (κ3) is 3.91. The lowest BCUT2D eigenvalue weighted by molar-refractivity contribution is 0.0472. The number of carbonyl (C=O) groups excluding carboxylic acids is 3. The van der Waals surface area contributed by atoms with Gasteiger partial charge in [-0.25, -0.2) is 4.79 Å². The maximum Gasteiger partial charge on any atom is 0.338 e. The van der Waals surface area contributed by atoms with E-state index in [1.807, 2.05) is 30.3 Å². The number of amides is 2. The standard InChI is InChI=1S/C23H16ClNO4/c24-18-9-6-15(7-10-18)13-25-21(26)19-11-8-17(12-20(19)22(25)27)23(28)29-14-16-4-2-1-3-5-16/h1-12H,13-14H2. The van der Waals surface area contributed by atoms with Gasteiger partial charge >= 0.3 is 5.97 Å². The van der Waals surface area contributed by atoms with Crippen LogP contribution in [0.4, 0.5) is 0 Å². The van der Waals surface area contributed by atoms with Crippen molar-refractivity contribution in [1.29, 1.82) is 0 Å². The second-order valence-electron chi connectivity index (χ2n) is 6.65. The Labute approximate surface area is 172 Å². The number of rotatable bonds is 5. The minimum Gasteiger partial charge on any atom is -0.457 e. The zero-order valence-corrected chi connectivity index (χ0v) is 16.1. The summed E-state index contributed by atoms with van der Waals surface area (Å²) >= 11 is 5.88. The van der Waals surface area contributed by atoms with Crippen LogP contribution in [0.5, 0.6) is 0 Å². The van der Waals surface area contributed by atoms with Gasteiger partial charge in [-0.05, 0) is 41.5 Å². The molecule has 0 saturated heterocycles. The molecule has 29 heavy (non-hydrogen) atoms. The van der Waals surface area contributed by atoms with Gasteiger partial charge in [0.05, 0.1) is 23.2 Å². The van der Waals surface area contributed by atoms with Crippen molar-refractivity contribution in [2.45, 2.75) is 13.2 Å². The second-order valence-corrected chi connectivity index (χ2v) is 7.08. The molecule has 3 aromatic rings. The van der Waals surface area contributed by atoms with Gasteiger partial charge in [-0.15, -0.1) is 0 Å². The Bertz CT molecular complexity index is 1090. The van der Waals surface area contributed by atoms with Gasteiger partial charge in [-0.2, -0.15) is 0 Å². The fourth-order valence-corrected chi connectivity index (χ4v) is 3.27. The molecule has 0 saturated carbocycles. The summed E-state index contributed by atoms with van der Waals surface area (Å²) in [6, 6.07) is 20.7. The molecule has 0 aromatic heterocycles.